The number of halogens is 3. The minimum atomic E-state index is -0.331. The van der Waals surface area contributed by atoms with E-state index >= 15 is 0 Å². The number of benzene rings is 3. The van der Waals surface area contributed by atoms with Gasteiger partial charge in [-0.15, -0.1) is 0 Å². The maximum atomic E-state index is 13.2. The van der Waals surface area contributed by atoms with Crippen LogP contribution in [0.15, 0.2) is 66.7 Å². The third-order valence-corrected chi connectivity index (χ3v) is 6.48. The van der Waals surface area contributed by atoms with Crippen LogP contribution in [0.2, 0.25) is 10.0 Å². The first-order chi connectivity index (χ1) is 16.4. The number of thiocarbonyl (C=S) groups is 1. The molecule has 0 aromatic heterocycles. The topological polar surface area (TPSA) is 44.8 Å². The standard InChI is InChI=1S/C25H22Cl2FN3O2S/c26-18-3-10-23(22(27)15-18)29-24(32)16-33-21-8-1-17(2-9-21)25(34)31-13-11-30(12-14-31)20-6-4-19(28)5-7-20/h1-10,15H,11-14,16H2,(H,29,32). The Morgan fingerprint density at radius 3 is 2.29 bits per heavy atom. The summed E-state index contributed by atoms with van der Waals surface area (Å²) in [7, 11) is 0. The van der Waals surface area contributed by atoms with Gasteiger partial charge in [-0.2, -0.15) is 0 Å². The van der Waals surface area contributed by atoms with Gasteiger partial charge < -0.3 is 19.9 Å². The molecule has 1 amide bonds. The molecule has 4 rings (SSSR count). The summed E-state index contributed by atoms with van der Waals surface area (Å²) < 4.78 is 18.7. The average Bonchev–Trinajstić information content (AvgIpc) is 2.85. The van der Waals surface area contributed by atoms with Crippen LogP contribution in [0.25, 0.3) is 0 Å². The van der Waals surface area contributed by atoms with Crippen LogP contribution in [0.4, 0.5) is 15.8 Å². The second-order valence-electron chi connectivity index (χ2n) is 7.74. The fourth-order valence-electron chi connectivity index (χ4n) is 3.62. The molecule has 1 N–H and O–H groups in total. The van der Waals surface area contributed by atoms with Gasteiger partial charge in [-0.3, -0.25) is 4.79 Å². The number of ether oxygens (including phenoxy) is 1. The summed E-state index contributed by atoms with van der Waals surface area (Å²) in [6, 6.07) is 18.8. The van der Waals surface area contributed by atoms with Gasteiger partial charge in [-0.25, -0.2) is 4.39 Å². The number of amides is 1. The zero-order valence-electron chi connectivity index (χ0n) is 18.1. The molecule has 1 aliphatic rings. The zero-order chi connectivity index (χ0) is 24.1. The summed E-state index contributed by atoms with van der Waals surface area (Å²) in [6.45, 7) is 3.01. The SMILES string of the molecule is O=C(COc1ccc(C(=S)N2CCN(c3ccc(F)cc3)CC2)cc1)Nc1ccc(Cl)cc1Cl. The Bertz CT molecular complexity index is 1170. The molecule has 34 heavy (non-hydrogen) atoms. The Labute approximate surface area is 213 Å². The third kappa shape index (κ3) is 6.17. The van der Waals surface area contributed by atoms with E-state index in [1.807, 2.05) is 12.1 Å². The second kappa shape index (κ2) is 11.0. The lowest BCUT2D eigenvalue weighted by Crippen LogP contribution is -2.48. The molecule has 0 bridgehead atoms. The van der Waals surface area contributed by atoms with Crippen molar-refractivity contribution in [3.05, 3.63) is 88.2 Å². The van der Waals surface area contributed by atoms with E-state index in [4.69, 9.17) is 40.2 Å². The Balaban J connectivity index is 1.26. The molecular weight excluding hydrogens is 496 g/mol. The maximum Gasteiger partial charge on any atom is 0.262 e. The smallest absolute Gasteiger partial charge is 0.262 e. The van der Waals surface area contributed by atoms with E-state index in [0.29, 0.717) is 21.5 Å². The summed E-state index contributed by atoms with van der Waals surface area (Å²) in [5, 5.41) is 3.54. The van der Waals surface area contributed by atoms with Crippen molar-refractivity contribution < 1.29 is 13.9 Å². The number of carbonyl (C=O) groups excluding carboxylic acids is 1. The Kier molecular flexibility index (Phi) is 7.88. The van der Waals surface area contributed by atoms with E-state index in [1.54, 1.807) is 42.5 Å². The van der Waals surface area contributed by atoms with Crippen LogP contribution in [-0.4, -0.2) is 48.6 Å². The summed E-state index contributed by atoms with van der Waals surface area (Å²) in [5.74, 6) is -0.00421. The summed E-state index contributed by atoms with van der Waals surface area (Å²) in [6.07, 6.45) is 0. The Morgan fingerprint density at radius 2 is 1.65 bits per heavy atom. The molecule has 176 valence electrons. The van der Waals surface area contributed by atoms with Crippen LogP contribution in [0.3, 0.4) is 0 Å². The summed E-state index contributed by atoms with van der Waals surface area (Å²) >= 11 is 17.6. The van der Waals surface area contributed by atoms with Crippen LogP contribution in [0.1, 0.15) is 5.56 Å². The van der Waals surface area contributed by atoms with E-state index in [9.17, 15) is 9.18 Å². The third-order valence-electron chi connectivity index (χ3n) is 5.44. The number of nitrogens with zero attached hydrogens (tertiary/aromatic N) is 2. The molecule has 9 heteroatoms. The highest BCUT2D eigenvalue weighted by atomic mass is 35.5. The summed E-state index contributed by atoms with van der Waals surface area (Å²) in [4.78, 5) is 17.3. The largest absolute Gasteiger partial charge is 0.484 e. The number of piperazine rings is 1. The van der Waals surface area contributed by atoms with Crippen molar-refractivity contribution in [1.82, 2.24) is 4.90 Å². The van der Waals surface area contributed by atoms with Crippen molar-refractivity contribution in [2.75, 3.05) is 43.0 Å². The number of hydrogen-bond acceptors (Lipinski definition) is 4. The fourth-order valence-corrected chi connectivity index (χ4v) is 4.40. The first-order valence-corrected chi connectivity index (χ1v) is 11.8. The number of hydrogen-bond donors (Lipinski definition) is 1. The van der Waals surface area contributed by atoms with Crippen LogP contribution in [-0.2, 0) is 4.79 Å². The molecule has 0 atom stereocenters. The summed E-state index contributed by atoms with van der Waals surface area (Å²) in [5.41, 5.74) is 2.39. The van der Waals surface area contributed by atoms with Gasteiger partial charge in [0.05, 0.1) is 10.7 Å². The van der Waals surface area contributed by atoms with Gasteiger partial charge in [0.1, 0.15) is 16.6 Å². The molecular formula is C25H22Cl2FN3O2S. The minimum absolute atomic E-state index is 0.159. The van der Waals surface area contributed by atoms with Crippen LogP contribution in [0.5, 0.6) is 5.75 Å². The highest BCUT2D eigenvalue weighted by Crippen LogP contribution is 2.25. The number of carbonyl (C=O) groups is 1. The molecule has 1 aliphatic heterocycles. The molecule has 1 saturated heterocycles. The monoisotopic (exact) mass is 517 g/mol. The number of rotatable bonds is 6. The second-order valence-corrected chi connectivity index (χ2v) is 8.97. The van der Waals surface area contributed by atoms with Crippen molar-refractivity contribution in [2.24, 2.45) is 0 Å². The molecule has 1 heterocycles. The Hall–Kier alpha value is -2.87. The molecule has 0 saturated carbocycles. The number of anilines is 2. The lowest BCUT2D eigenvalue weighted by atomic mass is 10.1. The van der Waals surface area contributed by atoms with E-state index in [0.717, 1.165) is 42.4 Å². The van der Waals surface area contributed by atoms with E-state index in [-0.39, 0.29) is 18.3 Å². The van der Waals surface area contributed by atoms with Gasteiger partial charge in [-0.1, -0.05) is 35.4 Å². The highest BCUT2D eigenvalue weighted by molar-refractivity contribution is 7.80. The van der Waals surface area contributed by atoms with E-state index in [2.05, 4.69) is 15.1 Å². The zero-order valence-corrected chi connectivity index (χ0v) is 20.5. The quantitative estimate of drug-likeness (QED) is 0.428. The van der Waals surface area contributed by atoms with Crippen LogP contribution in [0, 0.1) is 5.82 Å². The predicted molar refractivity (Wildman–Crippen MR) is 139 cm³/mol. The van der Waals surface area contributed by atoms with Gasteiger partial charge in [0, 0.05) is 42.5 Å². The predicted octanol–water partition coefficient (Wildman–Crippen LogP) is 5.65. The highest BCUT2D eigenvalue weighted by Gasteiger charge is 2.20. The normalized spacial score (nSPS) is 13.5. The van der Waals surface area contributed by atoms with Crippen LogP contribution >= 0.6 is 35.4 Å². The van der Waals surface area contributed by atoms with Gasteiger partial charge in [0.2, 0.25) is 0 Å². The van der Waals surface area contributed by atoms with E-state index < -0.39 is 0 Å². The Morgan fingerprint density at radius 1 is 0.971 bits per heavy atom. The fraction of sp³-hybridized carbons (Fsp3) is 0.200. The number of nitrogens with one attached hydrogen (secondary N) is 1. The first kappa shape index (κ1) is 24.3. The molecule has 3 aromatic carbocycles. The van der Waals surface area contributed by atoms with Crippen molar-refractivity contribution >= 4 is 57.7 Å². The van der Waals surface area contributed by atoms with Gasteiger partial charge in [0.15, 0.2) is 6.61 Å². The molecule has 0 aliphatic carbocycles. The van der Waals surface area contributed by atoms with Crippen molar-refractivity contribution in [3.63, 3.8) is 0 Å². The van der Waals surface area contributed by atoms with Gasteiger partial charge >= 0.3 is 0 Å². The van der Waals surface area contributed by atoms with E-state index in [1.165, 1.54) is 12.1 Å². The van der Waals surface area contributed by atoms with Crippen molar-refractivity contribution in [1.29, 1.82) is 0 Å². The molecule has 0 radical (unpaired) electrons. The molecule has 0 spiro atoms. The molecule has 0 unspecified atom stereocenters. The van der Waals surface area contributed by atoms with Crippen molar-refractivity contribution in [3.8, 4) is 5.75 Å². The minimum Gasteiger partial charge on any atom is -0.484 e. The lowest BCUT2D eigenvalue weighted by Gasteiger charge is -2.37. The van der Waals surface area contributed by atoms with Crippen molar-refractivity contribution in [2.45, 2.75) is 0 Å². The first-order valence-electron chi connectivity index (χ1n) is 10.7. The molecule has 1 fully saturated rings. The lowest BCUT2D eigenvalue weighted by molar-refractivity contribution is -0.118. The van der Waals surface area contributed by atoms with Gasteiger partial charge in [-0.05, 0) is 66.7 Å². The molecule has 5 nitrogen and oxygen atoms in total. The maximum absolute atomic E-state index is 13.2. The van der Waals surface area contributed by atoms with Gasteiger partial charge in [0.25, 0.3) is 5.91 Å². The van der Waals surface area contributed by atoms with Crippen LogP contribution < -0.4 is 15.0 Å². The average molecular weight is 518 g/mol. The molecule has 3 aromatic rings.